The van der Waals surface area contributed by atoms with Gasteiger partial charge in [0.05, 0.1) is 25.2 Å². The molecule has 2 unspecified atom stereocenters. The number of hydrogen-bond acceptors (Lipinski definition) is 8. The van der Waals surface area contributed by atoms with Crippen LogP contribution in [0.1, 0.15) is 13.8 Å². The second-order valence-electron chi connectivity index (χ2n) is 5.91. The highest BCUT2D eigenvalue weighted by Crippen LogP contribution is 2.25. The maximum absolute atomic E-state index is 9.77. The first kappa shape index (κ1) is 20.6. The van der Waals surface area contributed by atoms with Crippen LogP contribution in [0.25, 0.3) is 0 Å². The highest BCUT2D eigenvalue weighted by Gasteiger charge is 2.37. The molecule has 0 amide bonds. The van der Waals surface area contributed by atoms with Crippen molar-refractivity contribution in [2.45, 2.75) is 37.6 Å². The number of carboxylic acids is 2. The molecule has 0 spiro atoms. The predicted octanol–water partition coefficient (Wildman–Crippen LogP) is -0.741. The number of rotatable bonds is 5. The lowest BCUT2D eigenvalue weighted by atomic mass is 10.1. The molecule has 25 heavy (non-hydrogen) atoms. The molecule has 0 bridgehead atoms. The summed E-state index contributed by atoms with van der Waals surface area (Å²) in [6.07, 6.45) is 1.51. The Labute approximate surface area is 144 Å². The Morgan fingerprint density at radius 1 is 1.36 bits per heavy atom. The molecule has 2 rings (SSSR count). The van der Waals surface area contributed by atoms with E-state index in [1.165, 1.54) is 0 Å². The van der Waals surface area contributed by atoms with E-state index in [1.807, 2.05) is 6.08 Å². The van der Waals surface area contributed by atoms with Gasteiger partial charge in [-0.25, -0.2) is 19.6 Å². The van der Waals surface area contributed by atoms with Crippen LogP contribution in [0.3, 0.4) is 0 Å². The normalized spacial score (nSPS) is 22.9. The summed E-state index contributed by atoms with van der Waals surface area (Å²) in [6.45, 7) is 8.80. The Balaban J connectivity index is 0.000000275. The number of guanidine groups is 1. The van der Waals surface area contributed by atoms with Gasteiger partial charge in [-0.15, -0.1) is 6.58 Å². The smallest absolute Gasteiger partial charge is 0.335 e. The van der Waals surface area contributed by atoms with Crippen LogP contribution in [-0.2, 0) is 14.4 Å². The van der Waals surface area contributed by atoms with Crippen molar-refractivity contribution >= 4 is 17.9 Å². The molecule has 10 heteroatoms. The first-order chi connectivity index (χ1) is 11.5. The fourth-order valence-electron chi connectivity index (χ4n) is 2.10. The van der Waals surface area contributed by atoms with Crippen LogP contribution < -0.4 is 0 Å². The van der Waals surface area contributed by atoms with Gasteiger partial charge in [0.1, 0.15) is 0 Å². The summed E-state index contributed by atoms with van der Waals surface area (Å²) in [7, 11) is 1.66. The van der Waals surface area contributed by atoms with Gasteiger partial charge in [-0.2, -0.15) is 0 Å². The zero-order chi connectivity index (χ0) is 19.4. The second kappa shape index (κ2) is 8.10. The zero-order valence-electron chi connectivity index (χ0n) is 14.2. The van der Waals surface area contributed by atoms with E-state index in [-0.39, 0.29) is 11.6 Å². The van der Waals surface area contributed by atoms with E-state index in [1.54, 1.807) is 12.2 Å². The minimum absolute atomic E-state index is 0.154. The number of aliphatic carboxylic acids is 2. The van der Waals surface area contributed by atoms with Crippen molar-refractivity contribution in [1.82, 2.24) is 9.96 Å². The van der Waals surface area contributed by atoms with Gasteiger partial charge < -0.3 is 25.3 Å². The quantitative estimate of drug-likeness (QED) is 0.468. The van der Waals surface area contributed by atoms with Gasteiger partial charge in [0.2, 0.25) is 5.96 Å². The van der Waals surface area contributed by atoms with Crippen LogP contribution >= 0.6 is 0 Å². The number of aliphatic hydroxyl groups is 2. The van der Waals surface area contributed by atoms with Crippen LogP contribution in [0.5, 0.6) is 0 Å². The molecule has 1 saturated heterocycles. The Kier molecular flexibility index (Phi) is 6.68. The average molecular weight is 357 g/mol. The third-order valence-corrected chi connectivity index (χ3v) is 3.46. The number of carboxylic acid groups (broad SMARTS) is 2. The van der Waals surface area contributed by atoms with Crippen molar-refractivity contribution in [3.63, 3.8) is 0 Å². The molecule has 0 aromatic heterocycles. The number of fused-ring (bicyclic) bond motifs is 1. The predicted molar refractivity (Wildman–Crippen MR) is 87.5 cm³/mol. The summed E-state index contributed by atoms with van der Waals surface area (Å²) in [6, 6.07) is 0.173. The van der Waals surface area contributed by atoms with Crippen molar-refractivity contribution in [3.05, 3.63) is 24.9 Å². The van der Waals surface area contributed by atoms with Gasteiger partial charge >= 0.3 is 11.9 Å². The lowest BCUT2D eigenvalue weighted by Crippen LogP contribution is -2.39. The molecule has 1 fully saturated rings. The molecule has 2 heterocycles. The van der Waals surface area contributed by atoms with Crippen LogP contribution in [0.15, 0.2) is 29.9 Å². The molecule has 2 aliphatic heterocycles. The van der Waals surface area contributed by atoms with E-state index in [9.17, 15) is 9.59 Å². The molecule has 0 aromatic carbocycles. The molecule has 2 aliphatic rings. The SMILES string of the molecule is C=C[C@@H]1CN2C=CC(C)(C)N=C2N1OC.O=C(O)C(O)C(O)C(=O)O. The van der Waals surface area contributed by atoms with Crippen molar-refractivity contribution in [2.75, 3.05) is 13.7 Å². The summed E-state index contributed by atoms with van der Waals surface area (Å²) >= 11 is 0. The Hall–Kier alpha value is -2.43. The van der Waals surface area contributed by atoms with E-state index in [0.29, 0.717) is 0 Å². The summed E-state index contributed by atoms with van der Waals surface area (Å²) in [5, 5.41) is 34.3. The van der Waals surface area contributed by atoms with Gasteiger partial charge in [0.15, 0.2) is 12.2 Å². The first-order valence-electron chi connectivity index (χ1n) is 7.37. The topological polar surface area (TPSA) is 143 Å². The Bertz CT molecular complexity index is 570. The molecule has 0 aliphatic carbocycles. The molecule has 0 aromatic rings. The largest absolute Gasteiger partial charge is 0.479 e. The van der Waals surface area contributed by atoms with Crippen LogP contribution in [-0.4, -0.2) is 85.7 Å². The lowest BCUT2D eigenvalue weighted by molar-refractivity contribution is -0.165. The van der Waals surface area contributed by atoms with Crippen molar-refractivity contribution in [1.29, 1.82) is 0 Å². The molecule has 0 radical (unpaired) electrons. The van der Waals surface area contributed by atoms with Gasteiger partial charge in [-0.3, -0.25) is 4.84 Å². The third kappa shape index (κ3) is 5.02. The number of hydrogen-bond donors (Lipinski definition) is 4. The van der Waals surface area contributed by atoms with Crippen LogP contribution in [0.4, 0.5) is 0 Å². The van der Waals surface area contributed by atoms with Gasteiger partial charge in [-0.05, 0) is 19.9 Å². The average Bonchev–Trinajstić information content (AvgIpc) is 2.89. The minimum atomic E-state index is -2.27. The third-order valence-electron chi connectivity index (χ3n) is 3.46. The van der Waals surface area contributed by atoms with Crippen LogP contribution in [0, 0.1) is 0 Å². The maximum atomic E-state index is 9.77. The summed E-state index contributed by atoms with van der Waals surface area (Å²) in [5.74, 6) is -2.67. The van der Waals surface area contributed by atoms with Crippen molar-refractivity contribution in [3.8, 4) is 0 Å². The fraction of sp³-hybridized carbons (Fsp3) is 0.533. The molecular formula is C15H23N3O7. The van der Waals surface area contributed by atoms with Gasteiger partial charge in [-0.1, -0.05) is 6.08 Å². The lowest BCUT2D eigenvalue weighted by Gasteiger charge is -2.28. The fourth-order valence-corrected chi connectivity index (χ4v) is 2.10. The number of aliphatic hydroxyl groups excluding tert-OH is 2. The molecule has 140 valence electrons. The van der Waals surface area contributed by atoms with E-state index < -0.39 is 24.1 Å². The Morgan fingerprint density at radius 3 is 2.28 bits per heavy atom. The molecule has 3 atom stereocenters. The molecule has 4 N–H and O–H groups in total. The maximum Gasteiger partial charge on any atom is 0.335 e. The zero-order valence-corrected chi connectivity index (χ0v) is 14.2. The Morgan fingerprint density at radius 2 is 1.88 bits per heavy atom. The number of aliphatic imine (C=N–C) groups is 1. The monoisotopic (exact) mass is 357 g/mol. The van der Waals surface area contributed by atoms with E-state index in [2.05, 4.69) is 42.6 Å². The molecule has 0 saturated carbocycles. The number of nitrogens with zero attached hydrogens (tertiary/aromatic N) is 3. The standard InChI is InChI=1S/C11H17N3O.C4H6O6/c1-5-9-8-13-7-6-11(2,3)12-10(13)14(9)15-4;5-1(3(7)8)2(6)4(9)10/h5-7,9H,1,8H2,2-4H3;1-2,5-6H,(H,7,8)(H,9,10)/t9-;/m1./s1. The number of carbonyl (C=O) groups is 2. The van der Waals surface area contributed by atoms with Gasteiger partial charge in [0, 0.05) is 6.20 Å². The van der Waals surface area contributed by atoms with Crippen molar-refractivity contribution < 1.29 is 34.9 Å². The van der Waals surface area contributed by atoms with E-state index >= 15 is 0 Å². The first-order valence-corrected chi connectivity index (χ1v) is 7.37. The van der Waals surface area contributed by atoms with Gasteiger partial charge in [0.25, 0.3) is 0 Å². The minimum Gasteiger partial charge on any atom is -0.479 e. The van der Waals surface area contributed by atoms with E-state index in [4.69, 9.17) is 25.3 Å². The van der Waals surface area contributed by atoms with Crippen LogP contribution in [0.2, 0.25) is 0 Å². The second-order valence-corrected chi connectivity index (χ2v) is 5.91. The molecular weight excluding hydrogens is 334 g/mol. The number of hydroxylamine groups is 2. The summed E-state index contributed by atoms with van der Waals surface area (Å²) < 4.78 is 0. The summed E-state index contributed by atoms with van der Waals surface area (Å²) in [5.41, 5.74) is -0.154. The highest BCUT2D eigenvalue weighted by molar-refractivity contribution is 5.84. The van der Waals surface area contributed by atoms with E-state index in [0.717, 1.165) is 12.5 Å². The molecule has 10 nitrogen and oxygen atoms in total. The van der Waals surface area contributed by atoms with Crippen molar-refractivity contribution in [2.24, 2.45) is 4.99 Å². The highest BCUT2D eigenvalue weighted by atomic mass is 16.7. The summed E-state index contributed by atoms with van der Waals surface area (Å²) in [4.78, 5) is 31.6.